The van der Waals surface area contributed by atoms with E-state index in [0.29, 0.717) is 47.9 Å². The van der Waals surface area contributed by atoms with Gasteiger partial charge in [0.25, 0.3) is 16.7 Å². The normalized spacial score (nSPS) is 14.3. The molecule has 11 heteroatoms. The first-order chi connectivity index (χ1) is 17.5. The summed E-state index contributed by atoms with van der Waals surface area (Å²) in [5.41, 5.74) is 1.80. The van der Waals surface area contributed by atoms with E-state index in [1.807, 2.05) is 36.4 Å². The van der Waals surface area contributed by atoms with E-state index in [4.69, 9.17) is 4.74 Å². The fraction of sp³-hybridized carbons (Fsp3) is 0.120. The lowest BCUT2D eigenvalue weighted by atomic mass is 10.2. The number of carbonyl (C=O) groups excluding carboxylic acids is 2. The molecule has 3 N–H and O–H groups in total. The van der Waals surface area contributed by atoms with Crippen LogP contribution in [0, 0.1) is 0 Å². The van der Waals surface area contributed by atoms with Gasteiger partial charge in [-0.3, -0.25) is 19.7 Å². The van der Waals surface area contributed by atoms with E-state index in [1.165, 1.54) is 6.08 Å². The molecule has 0 atom stereocenters. The number of amides is 2. The van der Waals surface area contributed by atoms with Crippen molar-refractivity contribution in [3.8, 4) is 5.88 Å². The predicted molar refractivity (Wildman–Crippen MR) is 136 cm³/mol. The van der Waals surface area contributed by atoms with E-state index in [9.17, 15) is 14.4 Å². The molecule has 0 radical (unpaired) electrons. The van der Waals surface area contributed by atoms with Crippen molar-refractivity contribution in [3.05, 3.63) is 93.0 Å². The van der Waals surface area contributed by atoms with Gasteiger partial charge in [-0.05, 0) is 35.5 Å². The fourth-order valence-electron chi connectivity index (χ4n) is 3.50. The lowest BCUT2D eigenvalue weighted by Gasteiger charge is -2.10. The molecule has 3 heterocycles. The third-order valence-corrected chi connectivity index (χ3v) is 5.99. The van der Waals surface area contributed by atoms with Crippen LogP contribution in [0.1, 0.15) is 17.1 Å². The lowest BCUT2D eigenvalue weighted by molar-refractivity contribution is -0.115. The highest BCUT2D eigenvalue weighted by atomic mass is 32.2. The number of nitrogens with zero attached hydrogens (tertiary/aromatic N) is 3. The number of benzene rings is 2. The minimum atomic E-state index is -0.476. The Bertz CT molecular complexity index is 1540. The van der Waals surface area contributed by atoms with E-state index in [2.05, 4.69) is 30.6 Å². The molecule has 1 saturated heterocycles. The van der Waals surface area contributed by atoms with Crippen molar-refractivity contribution >= 4 is 45.8 Å². The summed E-state index contributed by atoms with van der Waals surface area (Å²) in [7, 11) is 0. The Morgan fingerprint density at radius 1 is 0.972 bits per heavy atom. The van der Waals surface area contributed by atoms with Gasteiger partial charge in [-0.25, -0.2) is 9.97 Å². The Balaban J connectivity index is 1.34. The summed E-state index contributed by atoms with van der Waals surface area (Å²) in [4.78, 5) is 52.2. The topological polar surface area (TPSA) is 139 Å². The first-order valence-electron chi connectivity index (χ1n) is 11.1. The number of rotatable bonds is 8. The van der Waals surface area contributed by atoms with Crippen molar-refractivity contribution in [1.82, 2.24) is 25.3 Å². The van der Waals surface area contributed by atoms with Gasteiger partial charge in [0.1, 0.15) is 12.4 Å². The van der Waals surface area contributed by atoms with Crippen LogP contribution in [-0.2, 0) is 17.8 Å². The summed E-state index contributed by atoms with van der Waals surface area (Å²) in [5, 5.41) is 5.44. The summed E-state index contributed by atoms with van der Waals surface area (Å²) in [6.45, 7) is 0.677. The SMILES string of the molecule is O=C1NC(=O)/C(=C\c2cc(OCc3ccccc3)nc(NCCc3nc4ccccc4c(=O)[nH]3)n2)S1. The van der Waals surface area contributed by atoms with Gasteiger partial charge < -0.3 is 15.0 Å². The highest BCUT2D eigenvalue weighted by Gasteiger charge is 2.25. The molecule has 2 amide bonds. The number of carbonyl (C=O) groups is 2. The Morgan fingerprint density at radius 3 is 2.58 bits per heavy atom. The molecule has 2 aromatic carbocycles. The van der Waals surface area contributed by atoms with E-state index >= 15 is 0 Å². The van der Waals surface area contributed by atoms with Gasteiger partial charge in [-0.15, -0.1) is 0 Å². The zero-order valence-electron chi connectivity index (χ0n) is 18.9. The molecule has 2 aromatic heterocycles. The number of para-hydroxylation sites is 1. The molecular weight excluding hydrogens is 480 g/mol. The molecular formula is C25H20N6O4S. The molecule has 36 heavy (non-hydrogen) atoms. The van der Waals surface area contributed by atoms with Gasteiger partial charge in [0, 0.05) is 19.0 Å². The fourth-order valence-corrected chi connectivity index (χ4v) is 4.17. The van der Waals surface area contributed by atoms with Crippen molar-refractivity contribution < 1.29 is 14.3 Å². The van der Waals surface area contributed by atoms with Crippen LogP contribution in [-0.4, -0.2) is 37.6 Å². The predicted octanol–water partition coefficient (Wildman–Crippen LogP) is 3.27. The van der Waals surface area contributed by atoms with Crippen molar-refractivity contribution in [1.29, 1.82) is 0 Å². The average Bonchev–Trinajstić information content (AvgIpc) is 3.19. The number of thioether (sulfide) groups is 1. The number of anilines is 1. The second kappa shape index (κ2) is 10.4. The van der Waals surface area contributed by atoms with Crippen LogP contribution in [0.25, 0.3) is 17.0 Å². The number of imide groups is 1. The molecule has 180 valence electrons. The van der Waals surface area contributed by atoms with Crippen LogP contribution in [0.5, 0.6) is 5.88 Å². The van der Waals surface area contributed by atoms with E-state index in [-0.39, 0.29) is 16.4 Å². The Hall–Kier alpha value is -4.51. The van der Waals surface area contributed by atoms with Gasteiger partial charge in [0.2, 0.25) is 11.8 Å². The van der Waals surface area contributed by atoms with Crippen molar-refractivity contribution in [2.75, 3.05) is 11.9 Å². The molecule has 0 aliphatic carbocycles. The maximum absolute atomic E-state index is 12.3. The largest absolute Gasteiger partial charge is 0.473 e. The summed E-state index contributed by atoms with van der Waals surface area (Å²) in [6.07, 6.45) is 1.93. The molecule has 10 nitrogen and oxygen atoms in total. The summed E-state index contributed by atoms with van der Waals surface area (Å²) in [6, 6.07) is 18.4. The van der Waals surface area contributed by atoms with Crippen LogP contribution in [0.4, 0.5) is 10.7 Å². The minimum Gasteiger partial charge on any atom is -0.473 e. The number of fused-ring (bicyclic) bond motifs is 1. The van der Waals surface area contributed by atoms with Gasteiger partial charge in [-0.2, -0.15) is 4.98 Å². The van der Waals surface area contributed by atoms with Gasteiger partial charge in [-0.1, -0.05) is 42.5 Å². The number of H-pyrrole nitrogens is 1. The molecule has 0 spiro atoms. The summed E-state index contributed by atoms with van der Waals surface area (Å²) in [5.74, 6) is 0.624. The minimum absolute atomic E-state index is 0.195. The number of ether oxygens (including phenoxy) is 1. The standard InChI is InChI=1S/C25H20N6O4S/c32-22-17-8-4-5-9-18(17)28-20(29-22)10-11-26-24-27-16(12-19-23(33)31-25(34)36-19)13-21(30-24)35-14-15-6-2-1-3-7-15/h1-9,12-13H,10-11,14H2,(H,26,27,30)(H,28,29,32)(H,31,33,34)/b19-12+. The zero-order valence-corrected chi connectivity index (χ0v) is 19.7. The van der Waals surface area contributed by atoms with Crippen LogP contribution in [0.3, 0.4) is 0 Å². The van der Waals surface area contributed by atoms with Crippen molar-refractivity contribution in [2.24, 2.45) is 0 Å². The molecule has 4 aromatic rings. The number of nitrogens with one attached hydrogen (secondary N) is 3. The van der Waals surface area contributed by atoms with E-state index < -0.39 is 11.1 Å². The third kappa shape index (κ3) is 5.58. The number of hydrogen-bond donors (Lipinski definition) is 3. The second-order valence-corrected chi connectivity index (χ2v) is 8.80. The molecule has 1 fully saturated rings. The zero-order chi connectivity index (χ0) is 24.9. The van der Waals surface area contributed by atoms with E-state index in [0.717, 1.165) is 17.3 Å². The van der Waals surface area contributed by atoms with Gasteiger partial charge >= 0.3 is 0 Å². The summed E-state index contributed by atoms with van der Waals surface area (Å²) >= 11 is 0.806. The maximum atomic E-state index is 12.3. The monoisotopic (exact) mass is 500 g/mol. The van der Waals surface area contributed by atoms with Gasteiger partial charge in [0.05, 0.1) is 21.5 Å². The molecule has 1 aliphatic rings. The van der Waals surface area contributed by atoms with Crippen LogP contribution >= 0.6 is 11.8 Å². The van der Waals surface area contributed by atoms with Crippen LogP contribution < -0.4 is 20.9 Å². The van der Waals surface area contributed by atoms with Crippen LogP contribution in [0.15, 0.2) is 70.4 Å². The Kier molecular flexibility index (Phi) is 6.72. The molecule has 1 aliphatic heterocycles. The van der Waals surface area contributed by atoms with Crippen LogP contribution in [0.2, 0.25) is 0 Å². The van der Waals surface area contributed by atoms with Crippen molar-refractivity contribution in [3.63, 3.8) is 0 Å². The Morgan fingerprint density at radius 2 is 1.78 bits per heavy atom. The quantitative estimate of drug-likeness (QED) is 0.311. The Labute approximate surface area is 209 Å². The molecule has 0 saturated carbocycles. The molecule has 0 bridgehead atoms. The highest BCUT2D eigenvalue weighted by molar-refractivity contribution is 8.18. The van der Waals surface area contributed by atoms with Gasteiger partial charge in [0.15, 0.2) is 0 Å². The second-order valence-electron chi connectivity index (χ2n) is 7.79. The molecule has 5 rings (SSSR count). The average molecular weight is 501 g/mol. The smallest absolute Gasteiger partial charge is 0.290 e. The maximum Gasteiger partial charge on any atom is 0.290 e. The third-order valence-electron chi connectivity index (χ3n) is 5.18. The first-order valence-corrected chi connectivity index (χ1v) is 11.9. The summed E-state index contributed by atoms with van der Waals surface area (Å²) < 4.78 is 5.86. The first kappa shape index (κ1) is 23.2. The molecule has 0 unspecified atom stereocenters. The van der Waals surface area contributed by atoms with E-state index in [1.54, 1.807) is 24.3 Å². The number of aromatic nitrogens is 4. The lowest BCUT2D eigenvalue weighted by Crippen LogP contribution is -2.18. The number of hydrogen-bond acceptors (Lipinski definition) is 9. The highest BCUT2D eigenvalue weighted by Crippen LogP contribution is 2.26. The van der Waals surface area contributed by atoms with Crippen molar-refractivity contribution in [2.45, 2.75) is 13.0 Å². The number of aromatic amines is 1.